The van der Waals surface area contributed by atoms with Crippen LogP contribution in [-0.2, 0) is 16.1 Å². The molecule has 0 amide bonds. The number of hydrogen-bond donors (Lipinski definition) is 1. The van der Waals surface area contributed by atoms with Crippen molar-refractivity contribution >= 4 is 0 Å². The smallest absolute Gasteiger partial charge is 0.158 e. The zero-order valence-electron chi connectivity index (χ0n) is 12.4. The Balaban J connectivity index is 1.64. The largest absolute Gasteiger partial charge is 0.380 e. The van der Waals surface area contributed by atoms with Crippen LogP contribution in [0.25, 0.3) is 0 Å². The van der Waals surface area contributed by atoms with Gasteiger partial charge in [0.2, 0.25) is 0 Å². The third kappa shape index (κ3) is 3.88. The lowest BCUT2D eigenvalue weighted by molar-refractivity contribution is -0.169. The standard InChI is InChI=1S/C17H20N2O3/c20-17(14-7-1-3-10-18-14)15-8-5-6-13(19-15)12-22-16-9-2-4-11-21-16/h1,3,5-8,10,16-17,20H,2,4,9,11-12H2. The summed E-state index contributed by atoms with van der Waals surface area (Å²) in [6.45, 7) is 1.14. The topological polar surface area (TPSA) is 64.5 Å². The van der Waals surface area contributed by atoms with Crippen LogP contribution in [0, 0.1) is 0 Å². The molecule has 0 radical (unpaired) electrons. The normalized spacial score (nSPS) is 19.8. The third-order valence-corrected chi connectivity index (χ3v) is 3.63. The number of pyridine rings is 2. The van der Waals surface area contributed by atoms with Gasteiger partial charge in [0.15, 0.2) is 6.29 Å². The lowest BCUT2D eigenvalue weighted by Gasteiger charge is -2.22. The molecule has 0 bridgehead atoms. The molecular formula is C17H20N2O3. The summed E-state index contributed by atoms with van der Waals surface area (Å²) in [7, 11) is 0. The summed E-state index contributed by atoms with van der Waals surface area (Å²) >= 11 is 0. The van der Waals surface area contributed by atoms with Gasteiger partial charge < -0.3 is 14.6 Å². The number of aliphatic hydroxyl groups excluding tert-OH is 1. The minimum absolute atomic E-state index is 0.139. The number of rotatable bonds is 5. The van der Waals surface area contributed by atoms with E-state index in [2.05, 4.69) is 9.97 Å². The first kappa shape index (κ1) is 15.1. The zero-order valence-corrected chi connectivity index (χ0v) is 12.4. The van der Waals surface area contributed by atoms with Gasteiger partial charge in [0.1, 0.15) is 6.10 Å². The van der Waals surface area contributed by atoms with Crippen molar-refractivity contribution in [1.29, 1.82) is 0 Å². The second kappa shape index (κ2) is 7.45. The second-order valence-corrected chi connectivity index (χ2v) is 5.32. The number of hydrogen-bond acceptors (Lipinski definition) is 5. The molecule has 0 spiro atoms. The van der Waals surface area contributed by atoms with E-state index in [1.165, 1.54) is 0 Å². The predicted octanol–water partition coefficient (Wildman–Crippen LogP) is 2.60. The summed E-state index contributed by atoms with van der Waals surface area (Å²) in [6.07, 6.45) is 3.86. The van der Waals surface area contributed by atoms with Crippen LogP contribution in [0.15, 0.2) is 42.6 Å². The van der Waals surface area contributed by atoms with Crippen molar-refractivity contribution in [3.05, 3.63) is 59.7 Å². The van der Waals surface area contributed by atoms with Gasteiger partial charge in [0.05, 0.1) is 23.7 Å². The first-order valence-electron chi connectivity index (χ1n) is 7.61. The molecule has 22 heavy (non-hydrogen) atoms. The van der Waals surface area contributed by atoms with Gasteiger partial charge in [-0.25, -0.2) is 0 Å². The van der Waals surface area contributed by atoms with E-state index in [9.17, 15) is 5.11 Å². The molecule has 1 saturated heterocycles. The molecule has 1 aliphatic rings. The van der Waals surface area contributed by atoms with E-state index in [4.69, 9.17) is 9.47 Å². The second-order valence-electron chi connectivity index (χ2n) is 5.32. The van der Waals surface area contributed by atoms with Crippen LogP contribution in [0.5, 0.6) is 0 Å². The van der Waals surface area contributed by atoms with Crippen LogP contribution in [0.2, 0.25) is 0 Å². The van der Waals surface area contributed by atoms with E-state index in [1.807, 2.05) is 24.3 Å². The van der Waals surface area contributed by atoms with Crippen LogP contribution in [0.4, 0.5) is 0 Å². The lowest BCUT2D eigenvalue weighted by Crippen LogP contribution is -2.22. The molecule has 2 unspecified atom stereocenters. The average molecular weight is 300 g/mol. The highest BCUT2D eigenvalue weighted by molar-refractivity contribution is 5.21. The molecule has 5 heteroatoms. The summed E-state index contributed by atoms with van der Waals surface area (Å²) < 4.78 is 11.3. The summed E-state index contributed by atoms with van der Waals surface area (Å²) in [6, 6.07) is 11.0. The van der Waals surface area contributed by atoms with Gasteiger partial charge in [-0.05, 0) is 43.5 Å². The van der Waals surface area contributed by atoms with Gasteiger partial charge in [-0.1, -0.05) is 12.1 Å². The van der Waals surface area contributed by atoms with Crippen molar-refractivity contribution in [3.8, 4) is 0 Å². The number of aromatic nitrogens is 2. The SMILES string of the molecule is OC(c1ccccn1)c1cccc(COC2CCCCO2)n1. The quantitative estimate of drug-likeness (QED) is 0.919. The van der Waals surface area contributed by atoms with Gasteiger partial charge in [-0.3, -0.25) is 9.97 Å². The molecule has 0 saturated carbocycles. The Labute approximate surface area is 129 Å². The summed E-state index contributed by atoms with van der Waals surface area (Å²) in [5, 5.41) is 10.3. The Morgan fingerprint density at radius 2 is 2.09 bits per heavy atom. The first-order valence-corrected chi connectivity index (χ1v) is 7.61. The van der Waals surface area contributed by atoms with Crippen LogP contribution < -0.4 is 0 Å². The molecule has 116 valence electrons. The van der Waals surface area contributed by atoms with Crippen molar-refractivity contribution < 1.29 is 14.6 Å². The molecule has 3 rings (SSSR count). The highest BCUT2D eigenvalue weighted by Gasteiger charge is 2.16. The number of ether oxygens (including phenoxy) is 2. The van der Waals surface area contributed by atoms with Gasteiger partial charge in [-0.15, -0.1) is 0 Å². The summed E-state index contributed by atoms with van der Waals surface area (Å²) in [5.74, 6) is 0. The van der Waals surface area contributed by atoms with Gasteiger partial charge in [0, 0.05) is 12.8 Å². The Morgan fingerprint density at radius 3 is 2.86 bits per heavy atom. The molecule has 0 aliphatic carbocycles. The van der Waals surface area contributed by atoms with Crippen molar-refractivity contribution in [3.63, 3.8) is 0 Å². The Bertz CT molecular complexity index is 585. The van der Waals surface area contributed by atoms with Crippen LogP contribution >= 0.6 is 0 Å². The Kier molecular flexibility index (Phi) is 5.11. The van der Waals surface area contributed by atoms with Crippen molar-refractivity contribution in [2.45, 2.75) is 38.3 Å². The van der Waals surface area contributed by atoms with Crippen LogP contribution in [0.3, 0.4) is 0 Å². The lowest BCUT2D eigenvalue weighted by atomic mass is 10.1. The minimum atomic E-state index is -0.827. The molecule has 5 nitrogen and oxygen atoms in total. The van der Waals surface area contributed by atoms with Crippen molar-refractivity contribution in [2.75, 3.05) is 6.61 Å². The van der Waals surface area contributed by atoms with E-state index in [0.717, 1.165) is 31.6 Å². The fourth-order valence-corrected chi connectivity index (χ4v) is 2.44. The first-order chi connectivity index (χ1) is 10.8. The molecule has 2 atom stereocenters. The molecule has 2 aromatic heterocycles. The fraction of sp³-hybridized carbons (Fsp3) is 0.412. The molecule has 3 heterocycles. The highest BCUT2D eigenvalue weighted by atomic mass is 16.7. The minimum Gasteiger partial charge on any atom is -0.380 e. The van der Waals surface area contributed by atoms with Gasteiger partial charge in [0.25, 0.3) is 0 Å². The van der Waals surface area contributed by atoms with E-state index in [0.29, 0.717) is 18.0 Å². The average Bonchev–Trinajstić information content (AvgIpc) is 2.61. The Hall–Kier alpha value is -1.82. The van der Waals surface area contributed by atoms with Crippen molar-refractivity contribution in [1.82, 2.24) is 9.97 Å². The van der Waals surface area contributed by atoms with Gasteiger partial charge >= 0.3 is 0 Å². The molecule has 1 fully saturated rings. The fourth-order valence-electron chi connectivity index (χ4n) is 2.44. The molecule has 2 aromatic rings. The molecule has 1 aliphatic heterocycles. The van der Waals surface area contributed by atoms with Crippen LogP contribution in [0.1, 0.15) is 42.4 Å². The number of nitrogens with zero attached hydrogens (tertiary/aromatic N) is 2. The number of aliphatic hydroxyl groups is 1. The van der Waals surface area contributed by atoms with Crippen molar-refractivity contribution in [2.24, 2.45) is 0 Å². The maximum absolute atomic E-state index is 10.3. The summed E-state index contributed by atoms with van der Waals surface area (Å²) in [5.41, 5.74) is 1.94. The molecule has 0 aromatic carbocycles. The predicted molar refractivity (Wildman–Crippen MR) is 80.9 cm³/mol. The molecular weight excluding hydrogens is 280 g/mol. The maximum Gasteiger partial charge on any atom is 0.158 e. The zero-order chi connectivity index (χ0) is 15.2. The van der Waals surface area contributed by atoms with E-state index in [-0.39, 0.29) is 6.29 Å². The maximum atomic E-state index is 10.3. The van der Waals surface area contributed by atoms with E-state index in [1.54, 1.807) is 18.3 Å². The highest BCUT2D eigenvalue weighted by Crippen LogP contribution is 2.19. The molecule has 1 N–H and O–H groups in total. The summed E-state index contributed by atoms with van der Waals surface area (Å²) in [4.78, 5) is 8.63. The monoisotopic (exact) mass is 300 g/mol. The Morgan fingerprint density at radius 1 is 1.18 bits per heavy atom. The van der Waals surface area contributed by atoms with E-state index < -0.39 is 6.10 Å². The van der Waals surface area contributed by atoms with Crippen LogP contribution in [-0.4, -0.2) is 28.0 Å². The van der Waals surface area contributed by atoms with E-state index >= 15 is 0 Å². The third-order valence-electron chi connectivity index (χ3n) is 3.63. The van der Waals surface area contributed by atoms with Gasteiger partial charge in [-0.2, -0.15) is 0 Å².